The highest BCUT2D eigenvalue weighted by atomic mass is 16.5. The Bertz CT molecular complexity index is 565. The molecule has 0 aliphatic carbocycles. The van der Waals surface area contributed by atoms with Crippen molar-refractivity contribution in [3.8, 4) is 0 Å². The molecule has 1 amide bonds. The Hall–Kier alpha value is -1.47. The van der Waals surface area contributed by atoms with Gasteiger partial charge in [-0.3, -0.25) is 4.79 Å². The summed E-state index contributed by atoms with van der Waals surface area (Å²) in [6.45, 7) is 9.68. The zero-order valence-corrected chi connectivity index (χ0v) is 14.9. The van der Waals surface area contributed by atoms with Crippen molar-refractivity contribution in [3.05, 3.63) is 11.4 Å². The molecular weight excluding hydrogens is 306 g/mol. The number of ether oxygens (including phenoxy) is 1. The van der Waals surface area contributed by atoms with Crippen LogP contribution >= 0.6 is 0 Å². The Kier molecular flexibility index (Phi) is 5.50. The maximum absolute atomic E-state index is 12.5. The monoisotopic (exact) mass is 335 g/mol. The fraction of sp³-hybridized carbons (Fsp3) is 0.824. The molecule has 2 aliphatic rings. The van der Waals surface area contributed by atoms with Gasteiger partial charge in [-0.1, -0.05) is 19.1 Å². The van der Waals surface area contributed by atoms with Crippen LogP contribution in [0.25, 0.3) is 0 Å². The van der Waals surface area contributed by atoms with E-state index < -0.39 is 0 Å². The Labute approximate surface area is 143 Å². The second-order valence-electron chi connectivity index (χ2n) is 7.29. The number of amides is 1. The van der Waals surface area contributed by atoms with E-state index in [9.17, 15) is 4.79 Å². The number of carbonyl (C=O) groups is 1. The molecule has 1 aromatic rings. The van der Waals surface area contributed by atoms with E-state index in [1.54, 1.807) is 0 Å². The summed E-state index contributed by atoms with van der Waals surface area (Å²) in [6.07, 6.45) is 3.29. The van der Waals surface area contributed by atoms with Gasteiger partial charge in [0.2, 0.25) is 0 Å². The van der Waals surface area contributed by atoms with Crippen LogP contribution in [0.5, 0.6) is 0 Å². The first kappa shape index (κ1) is 17.4. The van der Waals surface area contributed by atoms with Crippen LogP contribution in [0.1, 0.15) is 55.3 Å². The van der Waals surface area contributed by atoms with E-state index >= 15 is 0 Å². The first-order valence-electron chi connectivity index (χ1n) is 9.10. The predicted octanol–water partition coefficient (Wildman–Crippen LogP) is 1.30. The van der Waals surface area contributed by atoms with Crippen molar-refractivity contribution in [2.75, 3.05) is 26.2 Å². The van der Waals surface area contributed by atoms with Gasteiger partial charge in [0.15, 0.2) is 5.69 Å². The van der Waals surface area contributed by atoms with Crippen LogP contribution in [0, 0.1) is 18.8 Å². The average Bonchev–Trinajstić information content (AvgIpc) is 3.20. The zero-order chi connectivity index (χ0) is 17.1. The van der Waals surface area contributed by atoms with Crippen molar-refractivity contribution in [1.82, 2.24) is 25.6 Å². The van der Waals surface area contributed by atoms with Gasteiger partial charge < -0.3 is 15.4 Å². The number of nitrogens with one attached hydrogen (secondary N) is 2. The Morgan fingerprint density at radius 3 is 2.83 bits per heavy atom. The average molecular weight is 335 g/mol. The molecule has 24 heavy (non-hydrogen) atoms. The van der Waals surface area contributed by atoms with Gasteiger partial charge in [-0.15, -0.1) is 5.10 Å². The summed E-state index contributed by atoms with van der Waals surface area (Å²) in [5.41, 5.74) is 1.32. The number of rotatable bonds is 5. The summed E-state index contributed by atoms with van der Waals surface area (Å²) in [6, 6.07) is 0.342. The molecule has 2 fully saturated rings. The van der Waals surface area contributed by atoms with Crippen molar-refractivity contribution < 1.29 is 9.53 Å². The molecule has 0 aromatic carbocycles. The van der Waals surface area contributed by atoms with Gasteiger partial charge in [-0.05, 0) is 45.2 Å². The molecule has 7 nitrogen and oxygen atoms in total. The second-order valence-corrected chi connectivity index (χ2v) is 7.29. The first-order chi connectivity index (χ1) is 11.6. The van der Waals surface area contributed by atoms with Crippen molar-refractivity contribution >= 4 is 5.91 Å². The lowest BCUT2D eigenvalue weighted by Crippen LogP contribution is -2.35. The van der Waals surface area contributed by atoms with Gasteiger partial charge in [-0.25, -0.2) is 4.68 Å². The Morgan fingerprint density at radius 1 is 1.38 bits per heavy atom. The van der Waals surface area contributed by atoms with E-state index in [1.807, 2.05) is 11.6 Å². The molecule has 2 unspecified atom stereocenters. The third-order valence-corrected chi connectivity index (χ3v) is 5.24. The molecule has 0 bridgehead atoms. The lowest BCUT2D eigenvalue weighted by Gasteiger charge is -2.23. The van der Waals surface area contributed by atoms with Crippen LogP contribution in [0.4, 0.5) is 0 Å². The second kappa shape index (κ2) is 7.61. The SMILES string of the molecule is Cc1c(C(=O)NCC2CCOC2C(C)C)nnn1C1CCNCC1. The number of carbonyl (C=O) groups excluding carboxylic acids is 1. The summed E-state index contributed by atoms with van der Waals surface area (Å²) in [5, 5.41) is 14.8. The fourth-order valence-electron chi connectivity index (χ4n) is 3.87. The van der Waals surface area contributed by atoms with E-state index in [0.29, 0.717) is 30.1 Å². The van der Waals surface area contributed by atoms with E-state index in [1.165, 1.54) is 0 Å². The highest BCUT2D eigenvalue weighted by Gasteiger charge is 2.31. The summed E-state index contributed by atoms with van der Waals surface area (Å²) in [5.74, 6) is 0.729. The molecule has 7 heteroatoms. The van der Waals surface area contributed by atoms with Crippen LogP contribution < -0.4 is 10.6 Å². The van der Waals surface area contributed by atoms with Gasteiger partial charge >= 0.3 is 0 Å². The lowest BCUT2D eigenvalue weighted by atomic mass is 9.93. The van der Waals surface area contributed by atoms with Crippen LogP contribution in [0.2, 0.25) is 0 Å². The minimum absolute atomic E-state index is 0.123. The van der Waals surface area contributed by atoms with Crippen molar-refractivity contribution in [3.63, 3.8) is 0 Å². The minimum atomic E-state index is -0.123. The number of hydrogen-bond donors (Lipinski definition) is 2. The Morgan fingerprint density at radius 2 is 2.12 bits per heavy atom. The Balaban J connectivity index is 1.60. The molecule has 2 N–H and O–H groups in total. The van der Waals surface area contributed by atoms with Gasteiger partial charge in [0, 0.05) is 19.1 Å². The van der Waals surface area contributed by atoms with Crippen LogP contribution in [0.3, 0.4) is 0 Å². The summed E-state index contributed by atoms with van der Waals surface area (Å²) in [4.78, 5) is 12.5. The number of piperidine rings is 1. The van der Waals surface area contributed by atoms with E-state index in [0.717, 1.165) is 44.7 Å². The fourth-order valence-corrected chi connectivity index (χ4v) is 3.87. The highest BCUT2D eigenvalue weighted by molar-refractivity contribution is 5.93. The molecule has 0 saturated carbocycles. The summed E-state index contributed by atoms with van der Waals surface area (Å²) in [7, 11) is 0. The van der Waals surface area contributed by atoms with Gasteiger partial charge in [-0.2, -0.15) is 0 Å². The standard InChI is InChI=1S/C17H29N5O2/c1-11(2)16-13(6-9-24-16)10-19-17(23)15-12(3)22(21-20-15)14-4-7-18-8-5-14/h11,13-14,16,18H,4-10H2,1-3H3,(H,19,23). The highest BCUT2D eigenvalue weighted by Crippen LogP contribution is 2.26. The molecule has 1 aromatic heterocycles. The molecule has 3 heterocycles. The van der Waals surface area contributed by atoms with E-state index in [4.69, 9.17) is 4.74 Å². The van der Waals surface area contributed by atoms with Gasteiger partial charge in [0.05, 0.1) is 17.8 Å². The van der Waals surface area contributed by atoms with E-state index in [2.05, 4.69) is 34.8 Å². The van der Waals surface area contributed by atoms with Crippen molar-refractivity contribution in [2.45, 2.75) is 52.2 Å². The smallest absolute Gasteiger partial charge is 0.273 e. The predicted molar refractivity (Wildman–Crippen MR) is 90.9 cm³/mol. The third kappa shape index (κ3) is 3.62. The topological polar surface area (TPSA) is 81.1 Å². The van der Waals surface area contributed by atoms with E-state index in [-0.39, 0.29) is 12.0 Å². The van der Waals surface area contributed by atoms with Crippen molar-refractivity contribution in [1.29, 1.82) is 0 Å². The molecular formula is C17H29N5O2. The van der Waals surface area contributed by atoms with Gasteiger partial charge in [0.1, 0.15) is 0 Å². The van der Waals surface area contributed by atoms with Crippen molar-refractivity contribution in [2.24, 2.45) is 11.8 Å². The zero-order valence-electron chi connectivity index (χ0n) is 14.9. The number of hydrogen-bond acceptors (Lipinski definition) is 5. The molecule has 0 radical (unpaired) electrons. The van der Waals surface area contributed by atoms with Crippen LogP contribution in [0.15, 0.2) is 0 Å². The first-order valence-corrected chi connectivity index (χ1v) is 9.10. The summed E-state index contributed by atoms with van der Waals surface area (Å²) >= 11 is 0. The largest absolute Gasteiger partial charge is 0.378 e. The normalized spacial score (nSPS) is 25.3. The van der Waals surface area contributed by atoms with Gasteiger partial charge in [0.25, 0.3) is 5.91 Å². The maximum Gasteiger partial charge on any atom is 0.273 e. The molecule has 3 rings (SSSR count). The molecule has 134 valence electrons. The number of aromatic nitrogens is 3. The quantitative estimate of drug-likeness (QED) is 0.848. The number of nitrogens with zero attached hydrogens (tertiary/aromatic N) is 3. The molecule has 0 spiro atoms. The molecule has 2 atom stereocenters. The maximum atomic E-state index is 12.5. The van der Waals surface area contributed by atoms with Crippen LogP contribution in [-0.4, -0.2) is 53.2 Å². The molecule has 2 saturated heterocycles. The molecule has 2 aliphatic heterocycles. The summed E-state index contributed by atoms with van der Waals surface area (Å²) < 4.78 is 7.70. The third-order valence-electron chi connectivity index (χ3n) is 5.24. The van der Waals surface area contributed by atoms with Crippen LogP contribution in [-0.2, 0) is 4.74 Å². The lowest BCUT2D eigenvalue weighted by molar-refractivity contribution is 0.0533. The minimum Gasteiger partial charge on any atom is -0.378 e.